The van der Waals surface area contributed by atoms with Gasteiger partial charge < -0.3 is 15.2 Å². The van der Waals surface area contributed by atoms with Crippen molar-refractivity contribution in [2.45, 2.75) is 38.1 Å². The Morgan fingerprint density at radius 1 is 1.43 bits per heavy atom. The van der Waals surface area contributed by atoms with Crippen LogP contribution in [-0.4, -0.2) is 35.8 Å². The summed E-state index contributed by atoms with van der Waals surface area (Å²) in [5.41, 5.74) is 2.43. The Hall–Kier alpha value is -2.14. The van der Waals surface area contributed by atoms with Crippen LogP contribution in [0.4, 0.5) is 0 Å². The number of carbonyl (C=O) groups is 1. The maximum Gasteiger partial charge on any atom is 0.252 e. The second kappa shape index (κ2) is 6.54. The predicted molar refractivity (Wildman–Crippen MR) is 88.9 cm³/mol. The summed E-state index contributed by atoms with van der Waals surface area (Å²) in [7, 11) is 1.61. The van der Waals surface area contributed by atoms with Gasteiger partial charge in [0, 0.05) is 29.6 Å². The molecule has 5 heteroatoms. The molecule has 1 heterocycles. The van der Waals surface area contributed by atoms with E-state index < -0.39 is 0 Å². The van der Waals surface area contributed by atoms with Gasteiger partial charge in [-0.05, 0) is 50.5 Å². The third-order valence-electron chi connectivity index (χ3n) is 4.22. The van der Waals surface area contributed by atoms with E-state index in [-0.39, 0.29) is 18.6 Å². The highest BCUT2D eigenvalue weighted by molar-refractivity contribution is 6.06. The summed E-state index contributed by atoms with van der Waals surface area (Å²) in [5, 5.41) is 12.7. The van der Waals surface area contributed by atoms with Crippen LogP contribution < -0.4 is 10.1 Å². The van der Waals surface area contributed by atoms with Gasteiger partial charge in [0.05, 0.1) is 18.2 Å². The van der Waals surface area contributed by atoms with Crippen molar-refractivity contribution in [2.24, 2.45) is 0 Å². The van der Waals surface area contributed by atoms with Crippen LogP contribution in [0.3, 0.4) is 0 Å². The van der Waals surface area contributed by atoms with Gasteiger partial charge in [-0.15, -0.1) is 0 Å². The lowest BCUT2D eigenvalue weighted by molar-refractivity contribution is 0.0936. The van der Waals surface area contributed by atoms with Crippen molar-refractivity contribution in [3.05, 3.63) is 35.5 Å². The summed E-state index contributed by atoms with van der Waals surface area (Å²) in [6.45, 7) is 1.94. The van der Waals surface area contributed by atoms with Crippen molar-refractivity contribution in [3.63, 3.8) is 0 Å². The number of carbonyl (C=O) groups excluding carboxylic acids is 1. The van der Waals surface area contributed by atoms with E-state index in [4.69, 9.17) is 14.8 Å². The van der Waals surface area contributed by atoms with E-state index in [0.29, 0.717) is 23.7 Å². The average molecular weight is 314 g/mol. The summed E-state index contributed by atoms with van der Waals surface area (Å²) in [6.07, 6.45) is 2.81. The lowest BCUT2D eigenvalue weighted by Gasteiger charge is -2.15. The van der Waals surface area contributed by atoms with Crippen molar-refractivity contribution in [2.75, 3.05) is 13.7 Å². The summed E-state index contributed by atoms with van der Waals surface area (Å²) in [4.78, 5) is 17.4. The zero-order valence-electron chi connectivity index (χ0n) is 13.5. The number of fused-ring (bicyclic) bond motifs is 1. The van der Waals surface area contributed by atoms with Gasteiger partial charge in [0.2, 0.25) is 0 Å². The quantitative estimate of drug-likeness (QED) is 0.860. The van der Waals surface area contributed by atoms with Crippen molar-refractivity contribution < 1.29 is 14.6 Å². The minimum absolute atomic E-state index is 0.0552. The van der Waals surface area contributed by atoms with Gasteiger partial charge in [0.1, 0.15) is 5.75 Å². The van der Waals surface area contributed by atoms with Crippen LogP contribution in [0.25, 0.3) is 10.9 Å². The Bertz CT molecular complexity index is 726. The topological polar surface area (TPSA) is 71.5 Å². The Labute approximate surface area is 135 Å². The van der Waals surface area contributed by atoms with Gasteiger partial charge in [-0.3, -0.25) is 9.78 Å². The molecule has 5 nitrogen and oxygen atoms in total. The highest BCUT2D eigenvalue weighted by Crippen LogP contribution is 2.40. The molecule has 0 spiro atoms. The van der Waals surface area contributed by atoms with E-state index in [1.165, 1.54) is 0 Å². The Morgan fingerprint density at radius 2 is 2.22 bits per heavy atom. The Balaban J connectivity index is 2.02. The molecule has 0 unspecified atom stereocenters. The minimum Gasteiger partial charge on any atom is -0.497 e. The van der Waals surface area contributed by atoms with Crippen LogP contribution in [0.5, 0.6) is 5.75 Å². The van der Waals surface area contributed by atoms with E-state index in [2.05, 4.69) is 5.32 Å². The minimum atomic E-state index is -0.131. The van der Waals surface area contributed by atoms with Gasteiger partial charge in [-0.25, -0.2) is 0 Å². The molecule has 3 rings (SSSR count). The fourth-order valence-corrected chi connectivity index (χ4v) is 2.70. The number of hydrogen-bond acceptors (Lipinski definition) is 4. The molecule has 0 bridgehead atoms. The fourth-order valence-electron chi connectivity index (χ4n) is 2.70. The number of pyridine rings is 1. The normalized spacial score (nSPS) is 15.4. The molecule has 122 valence electrons. The van der Waals surface area contributed by atoms with Gasteiger partial charge in [0.25, 0.3) is 5.91 Å². The first-order chi connectivity index (χ1) is 11.1. The number of aliphatic hydroxyl groups excluding tert-OH is 1. The first-order valence-electron chi connectivity index (χ1n) is 8.02. The summed E-state index contributed by atoms with van der Waals surface area (Å²) in [6, 6.07) is 7.44. The maximum atomic E-state index is 12.7. The van der Waals surface area contributed by atoms with Crippen LogP contribution >= 0.6 is 0 Å². The van der Waals surface area contributed by atoms with Crippen molar-refractivity contribution in [1.29, 1.82) is 0 Å². The van der Waals surface area contributed by atoms with Gasteiger partial charge in [-0.1, -0.05) is 0 Å². The van der Waals surface area contributed by atoms with Gasteiger partial charge in [-0.2, -0.15) is 0 Å². The lowest BCUT2D eigenvalue weighted by Crippen LogP contribution is -2.33. The summed E-state index contributed by atoms with van der Waals surface area (Å²) >= 11 is 0. The average Bonchev–Trinajstić information content (AvgIpc) is 3.38. The van der Waals surface area contributed by atoms with Gasteiger partial charge in [0.15, 0.2) is 0 Å². The third-order valence-corrected chi connectivity index (χ3v) is 4.22. The molecule has 1 amide bonds. The number of nitrogens with zero attached hydrogens (tertiary/aromatic N) is 1. The third kappa shape index (κ3) is 3.45. The second-order valence-electron chi connectivity index (χ2n) is 6.14. The molecule has 2 N–H and O–H groups in total. The number of aromatic nitrogens is 1. The highest BCUT2D eigenvalue weighted by Gasteiger charge is 2.27. The molecular formula is C18H22N2O3. The van der Waals surface area contributed by atoms with Crippen LogP contribution in [0, 0.1) is 0 Å². The van der Waals surface area contributed by atoms with E-state index in [9.17, 15) is 4.79 Å². The van der Waals surface area contributed by atoms with Gasteiger partial charge >= 0.3 is 0 Å². The van der Waals surface area contributed by atoms with Crippen molar-refractivity contribution in [1.82, 2.24) is 10.3 Å². The molecule has 0 saturated heterocycles. The summed E-state index contributed by atoms with van der Waals surface area (Å²) < 4.78 is 5.27. The van der Waals surface area contributed by atoms with E-state index in [1.807, 2.05) is 31.2 Å². The standard InChI is InChI=1S/C18H22N2O3/c1-11(7-8-21)19-18(22)15-10-17(12-3-4-12)20-16-6-5-13(23-2)9-14(15)16/h5-6,9-12,21H,3-4,7-8H2,1-2H3,(H,19,22)/t11-/m1/s1. The van der Waals surface area contributed by atoms with Crippen molar-refractivity contribution in [3.8, 4) is 5.75 Å². The number of hydrogen-bond donors (Lipinski definition) is 2. The smallest absolute Gasteiger partial charge is 0.252 e. The first-order valence-corrected chi connectivity index (χ1v) is 8.02. The van der Waals surface area contributed by atoms with Crippen LogP contribution in [0.1, 0.15) is 48.2 Å². The highest BCUT2D eigenvalue weighted by atomic mass is 16.5. The number of rotatable bonds is 6. The molecule has 1 aromatic carbocycles. The Kier molecular flexibility index (Phi) is 4.48. The van der Waals surface area contributed by atoms with Crippen LogP contribution in [0.15, 0.2) is 24.3 Å². The number of aliphatic hydroxyl groups is 1. The molecule has 1 fully saturated rings. The summed E-state index contributed by atoms with van der Waals surface area (Å²) in [5.74, 6) is 1.05. The maximum absolute atomic E-state index is 12.7. The second-order valence-corrected chi connectivity index (χ2v) is 6.14. The monoisotopic (exact) mass is 314 g/mol. The molecule has 1 aliphatic carbocycles. The predicted octanol–water partition coefficient (Wildman–Crippen LogP) is 2.62. The number of ether oxygens (including phenoxy) is 1. The molecule has 1 atom stereocenters. The molecule has 0 aliphatic heterocycles. The first kappa shape index (κ1) is 15.7. The fraction of sp³-hybridized carbons (Fsp3) is 0.444. The molecular weight excluding hydrogens is 292 g/mol. The van der Waals surface area contributed by atoms with E-state index >= 15 is 0 Å². The SMILES string of the molecule is COc1ccc2nc(C3CC3)cc(C(=O)N[C@H](C)CCO)c2c1. The number of benzene rings is 1. The van der Waals surface area contributed by atoms with E-state index in [0.717, 1.165) is 29.4 Å². The lowest BCUT2D eigenvalue weighted by atomic mass is 10.0. The largest absolute Gasteiger partial charge is 0.497 e. The number of nitrogens with one attached hydrogen (secondary N) is 1. The molecule has 1 aliphatic rings. The van der Waals surface area contributed by atoms with Crippen molar-refractivity contribution >= 4 is 16.8 Å². The molecule has 1 aromatic heterocycles. The molecule has 2 aromatic rings. The van der Waals surface area contributed by atoms with E-state index in [1.54, 1.807) is 7.11 Å². The molecule has 0 radical (unpaired) electrons. The number of methoxy groups -OCH3 is 1. The number of amides is 1. The Morgan fingerprint density at radius 3 is 2.87 bits per heavy atom. The zero-order valence-corrected chi connectivity index (χ0v) is 13.5. The van der Waals surface area contributed by atoms with Crippen LogP contribution in [-0.2, 0) is 0 Å². The molecule has 1 saturated carbocycles. The van der Waals surface area contributed by atoms with Crippen LogP contribution in [0.2, 0.25) is 0 Å². The zero-order chi connectivity index (χ0) is 16.4. The molecule has 23 heavy (non-hydrogen) atoms.